The van der Waals surface area contributed by atoms with Crippen molar-refractivity contribution in [2.75, 3.05) is 13.1 Å². The van der Waals surface area contributed by atoms with Crippen molar-refractivity contribution in [3.8, 4) is 0 Å². The Bertz CT molecular complexity index is 267. The zero-order valence-corrected chi connectivity index (χ0v) is 8.07. The monoisotopic (exact) mass is 250 g/mol. The molecule has 1 unspecified atom stereocenters. The lowest BCUT2D eigenvalue weighted by Crippen LogP contribution is -2.56. The van der Waals surface area contributed by atoms with Crippen LogP contribution in [0.1, 0.15) is 0 Å². The molecule has 1 heterocycles. The molecule has 7 heteroatoms. The highest BCUT2D eigenvalue weighted by Gasteiger charge is 2.31. The number of nitrogens with zero attached hydrogens (tertiary/aromatic N) is 1. The van der Waals surface area contributed by atoms with Crippen LogP contribution >= 0.6 is 15.9 Å². The van der Waals surface area contributed by atoms with E-state index >= 15 is 0 Å². The molecular weight excluding hydrogens is 244 g/mol. The smallest absolute Gasteiger partial charge is 0.324 e. The molecule has 6 nitrogen and oxygen atoms in total. The second-order valence-corrected chi connectivity index (χ2v) is 3.64. The second-order valence-electron chi connectivity index (χ2n) is 2.54. The summed E-state index contributed by atoms with van der Waals surface area (Å²) in [7, 11) is 0. The van der Waals surface area contributed by atoms with Gasteiger partial charge in [-0.25, -0.2) is 4.79 Å². The summed E-state index contributed by atoms with van der Waals surface area (Å²) in [5, 5.41) is 10.4. The van der Waals surface area contributed by atoms with Crippen LogP contribution in [0.25, 0.3) is 0 Å². The molecule has 1 aliphatic rings. The highest BCUT2D eigenvalue weighted by molar-refractivity contribution is 9.10. The van der Waals surface area contributed by atoms with Crippen molar-refractivity contribution >= 4 is 33.8 Å². The molecule has 0 aromatic rings. The first-order valence-electron chi connectivity index (χ1n) is 3.46. The van der Waals surface area contributed by atoms with Crippen LogP contribution in [0.2, 0.25) is 0 Å². The number of carboxylic acids is 1. The number of halogens is 1. The molecule has 2 N–H and O–H groups in total. The molecule has 1 aliphatic heterocycles. The maximum absolute atomic E-state index is 11.0. The minimum absolute atomic E-state index is 0.0803. The minimum Gasteiger partial charge on any atom is -0.480 e. The first-order valence-corrected chi connectivity index (χ1v) is 4.38. The van der Waals surface area contributed by atoms with E-state index < -0.39 is 29.3 Å². The molecule has 0 aliphatic carbocycles. The Morgan fingerprint density at radius 1 is 1.69 bits per heavy atom. The first-order chi connectivity index (χ1) is 6.00. The fourth-order valence-corrected chi connectivity index (χ4v) is 1.39. The number of hydrogen-bond donors (Lipinski definition) is 2. The Hall–Kier alpha value is -1.11. The number of nitrogens with one attached hydrogen (secondary N) is 1. The third-order valence-corrected chi connectivity index (χ3v) is 2.21. The highest BCUT2D eigenvalue weighted by Crippen LogP contribution is 2.08. The lowest BCUT2D eigenvalue weighted by molar-refractivity contribution is -0.138. The predicted octanol–water partition coefficient (Wildman–Crippen LogP) is -0.614. The van der Waals surface area contributed by atoms with Crippen LogP contribution in [0.3, 0.4) is 0 Å². The molecule has 0 radical (unpaired) electrons. The highest BCUT2D eigenvalue weighted by atomic mass is 79.9. The molecule has 0 saturated carbocycles. The summed E-state index contributed by atoms with van der Waals surface area (Å²) < 4.78 is 0. The van der Waals surface area contributed by atoms with Crippen LogP contribution in [-0.2, 0) is 9.59 Å². The van der Waals surface area contributed by atoms with Crippen LogP contribution in [0.15, 0.2) is 0 Å². The van der Waals surface area contributed by atoms with Gasteiger partial charge in [-0.05, 0) is 0 Å². The second kappa shape index (κ2) is 3.73. The number of rotatable bonds is 2. The first kappa shape index (κ1) is 9.97. The van der Waals surface area contributed by atoms with Gasteiger partial charge in [0, 0.05) is 6.54 Å². The Labute approximate surface area is 82.0 Å². The quantitative estimate of drug-likeness (QED) is 0.641. The van der Waals surface area contributed by atoms with Gasteiger partial charge in [-0.2, -0.15) is 0 Å². The molecule has 1 saturated heterocycles. The fraction of sp³-hybridized carbons (Fsp3) is 0.500. The van der Waals surface area contributed by atoms with Gasteiger partial charge in [0.2, 0.25) is 5.91 Å². The summed E-state index contributed by atoms with van der Waals surface area (Å²) in [4.78, 5) is 32.7. The van der Waals surface area contributed by atoms with Crippen molar-refractivity contribution in [2.45, 2.75) is 4.83 Å². The molecular formula is C6H7BrN2O4. The average Bonchev–Trinajstić information content (AvgIpc) is 1.99. The van der Waals surface area contributed by atoms with E-state index in [9.17, 15) is 14.4 Å². The summed E-state index contributed by atoms with van der Waals surface area (Å²) in [6.07, 6.45) is 0. The van der Waals surface area contributed by atoms with Crippen molar-refractivity contribution in [3.63, 3.8) is 0 Å². The van der Waals surface area contributed by atoms with E-state index in [0.29, 0.717) is 0 Å². The van der Waals surface area contributed by atoms with E-state index in [-0.39, 0.29) is 6.54 Å². The van der Waals surface area contributed by atoms with Crippen molar-refractivity contribution in [2.24, 2.45) is 0 Å². The third kappa shape index (κ3) is 2.41. The zero-order chi connectivity index (χ0) is 10.0. The van der Waals surface area contributed by atoms with Gasteiger partial charge >= 0.3 is 12.0 Å². The van der Waals surface area contributed by atoms with E-state index in [1.165, 1.54) is 0 Å². The normalized spacial score (nSPS) is 22.8. The average molecular weight is 251 g/mol. The SMILES string of the molecule is O=C(O)CN1CC(Br)C(=O)NC1=O. The predicted molar refractivity (Wildman–Crippen MR) is 45.5 cm³/mol. The molecule has 3 amide bonds. The van der Waals surface area contributed by atoms with Gasteiger partial charge in [-0.1, -0.05) is 15.9 Å². The Balaban J connectivity index is 2.61. The van der Waals surface area contributed by atoms with E-state index in [0.717, 1.165) is 4.90 Å². The molecule has 1 rings (SSSR count). The van der Waals surface area contributed by atoms with E-state index in [1.54, 1.807) is 0 Å². The van der Waals surface area contributed by atoms with Gasteiger partial charge in [-0.15, -0.1) is 0 Å². The Morgan fingerprint density at radius 2 is 2.31 bits per heavy atom. The van der Waals surface area contributed by atoms with Gasteiger partial charge in [-0.3, -0.25) is 14.9 Å². The lowest BCUT2D eigenvalue weighted by atomic mass is 10.3. The number of carbonyl (C=O) groups is 3. The van der Waals surface area contributed by atoms with Crippen LogP contribution in [-0.4, -0.2) is 45.8 Å². The van der Waals surface area contributed by atoms with Crippen LogP contribution in [0.4, 0.5) is 4.79 Å². The number of hydrogen-bond acceptors (Lipinski definition) is 3. The molecule has 0 aromatic carbocycles. The number of carboxylic acid groups (broad SMARTS) is 1. The van der Waals surface area contributed by atoms with Crippen LogP contribution < -0.4 is 5.32 Å². The molecule has 0 bridgehead atoms. The molecule has 0 spiro atoms. The number of amides is 3. The van der Waals surface area contributed by atoms with Gasteiger partial charge in [0.05, 0.1) is 0 Å². The third-order valence-electron chi connectivity index (χ3n) is 1.51. The van der Waals surface area contributed by atoms with Crippen molar-refractivity contribution in [1.29, 1.82) is 0 Å². The van der Waals surface area contributed by atoms with Crippen molar-refractivity contribution in [1.82, 2.24) is 10.2 Å². The van der Waals surface area contributed by atoms with Gasteiger partial charge in [0.1, 0.15) is 11.4 Å². The van der Waals surface area contributed by atoms with Crippen molar-refractivity contribution < 1.29 is 19.5 Å². The molecule has 72 valence electrons. The summed E-state index contributed by atoms with van der Waals surface area (Å²) in [5.41, 5.74) is 0. The zero-order valence-electron chi connectivity index (χ0n) is 6.49. The number of urea groups is 1. The summed E-state index contributed by atoms with van der Waals surface area (Å²) >= 11 is 3.01. The maximum Gasteiger partial charge on any atom is 0.324 e. The maximum atomic E-state index is 11.0. The number of alkyl halides is 1. The number of carbonyl (C=O) groups excluding carboxylic acids is 2. The van der Waals surface area contributed by atoms with Crippen LogP contribution in [0.5, 0.6) is 0 Å². The number of aliphatic carboxylic acids is 1. The van der Waals surface area contributed by atoms with Crippen molar-refractivity contribution in [3.05, 3.63) is 0 Å². The van der Waals surface area contributed by atoms with Crippen LogP contribution in [0, 0.1) is 0 Å². The standard InChI is InChI=1S/C6H7BrN2O4/c7-3-1-9(2-4(10)11)6(13)8-5(3)12/h3H,1-2H2,(H,10,11)(H,8,12,13). The number of imide groups is 1. The largest absolute Gasteiger partial charge is 0.480 e. The topological polar surface area (TPSA) is 86.7 Å². The van der Waals surface area contributed by atoms with Gasteiger partial charge in [0.25, 0.3) is 0 Å². The van der Waals surface area contributed by atoms with Gasteiger partial charge in [0.15, 0.2) is 0 Å². The molecule has 1 atom stereocenters. The summed E-state index contributed by atoms with van der Waals surface area (Å²) in [5.74, 6) is -1.55. The van der Waals surface area contributed by atoms with Gasteiger partial charge < -0.3 is 10.0 Å². The molecule has 13 heavy (non-hydrogen) atoms. The lowest BCUT2D eigenvalue weighted by Gasteiger charge is -2.27. The summed E-state index contributed by atoms with van der Waals surface area (Å²) in [6.45, 7) is -0.321. The molecule has 0 aromatic heterocycles. The van der Waals surface area contributed by atoms with E-state index in [4.69, 9.17) is 5.11 Å². The Morgan fingerprint density at radius 3 is 2.85 bits per heavy atom. The molecule has 1 fully saturated rings. The van der Waals surface area contributed by atoms with E-state index in [2.05, 4.69) is 15.9 Å². The fourth-order valence-electron chi connectivity index (χ4n) is 0.922. The Kier molecular flexibility index (Phi) is 2.86. The minimum atomic E-state index is -1.11. The summed E-state index contributed by atoms with van der Waals surface area (Å²) in [6, 6.07) is -0.664. The van der Waals surface area contributed by atoms with E-state index in [1.807, 2.05) is 5.32 Å².